The molecule has 1 aromatic carbocycles. The number of piperidine rings is 1. The van der Waals surface area contributed by atoms with E-state index in [4.69, 9.17) is 11.3 Å². The van der Waals surface area contributed by atoms with Crippen molar-refractivity contribution in [2.45, 2.75) is 18.8 Å². The fourth-order valence-corrected chi connectivity index (χ4v) is 3.72. The lowest BCUT2D eigenvalue weighted by Crippen LogP contribution is -2.30. The molecule has 1 saturated heterocycles. The Balaban J connectivity index is 1.54. The van der Waals surface area contributed by atoms with Gasteiger partial charge in [0.1, 0.15) is 5.75 Å². The van der Waals surface area contributed by atoms with Crippen molar-refractivity contribution in [1.29, 1.82) is 0 Å². The van der Waals surface area contributed by atoms with Gasteiger partial charge in [-0.2, -0.15) is 5.10 Å². The quantitative estimate of drug-likeness (QED) is 0.642. The van der Waals surface area contributed by atoms with E-state index in [0.717, 1.165) is 23.6 Å². The number of hydrogen-bond donors (Lipinski definition) is 2. The molecule has 1 aliphatic heterocycles. The van der Waals surface area contributed by atoms with E-state index < -0.39 is 0 Å². The molecule has 0 spiro atoms. The van der Waals surface area contributed by atoms with Crippen LogP contribution in [0.2, 0.25) is 0 Å². The Morgan fingerprint density at radius 2 is 2.14 bits per heavy atom. The lowest BCUT2D eigenvalue weighted by Gasteiger charge is -2.30. The van der Waals surface area contributed by atoms with Crippen LogP contribution >= 0.6 is 0 Å². The highest BCUT2D eigenvalue weighted by Gasteiger charge is 2.20. The minimum Gasteiger partial charge on any atom is -0.496 e. The Kier molecular flexibility index (Phi) is 5.40. The predicted octanol–water partition coefficient (Wildman–Crippen LogP) is 3.98. The molecule has 4 rings (SSSR count). The van der Waals surface area contributed by atoms with E-state index in [9.17, 15) is 0 Å². The zero-order valence-corrected chi connectivity index (χ0v) is 16.5. The topological polar surface area (TPSA) is 83.3 Å². The van der Waals surface area contributed by atoms with Gasteiger partial charge in [-0.25, -0.2) is 4.98 Å². The molecular weight excluding hydrogens is 366 g/mol. The molecule has 0 amide bonds. The number of ether oxygens (including phenoxy) is 1. The number of anilines is 2. The monoisotopic (exact) mass is 389 g/mol. The summed E-state index contributed by atoms with van der Waals surface area (Å²) in [5, 5.41) is 10.4. The van der Waals surface area contributed by atoms with Gasteiger partial charge in [-0.05, 0) is 50.0 Å². The minimum absolute atomic E-state index is 0.257. The number of aromatic amines is 1. The zero-order chi connectivity index (χ0) is 20.2. The Bertz CT molecular complexity index is 1020. The van der Waals surface area contributed by atoms with E-state index in [1.54, 1.807) is 7.11 Å². The van der Waals surface area contributed by atoms with Crippen LogP contribution in [0.1, 0.15) is 24.3 Å². The lowest BCUT2D eigenvalue weighted by molar-refractivity contribution is 0.250. The van der Waals surface area contributed by atoms with E-state index in [1.165, 1.54) is 37.3 Å². The van der Waals surface area contributed by atoms with Gasteiger partial charge < -0.3 is 19.8 Å². The smallest absolute Gasteiger partial charge is 0.288 e. The number of aromatic nitrogens is 4. The predicted molar refractivity (Wildman–Crippen MR) is 112 cm³/mol. The molecular formula is C21H23N7O. The highest BCUT2D eigenvalue weighted by atomic mass is 16.5. The van der Waals surface area contributed by atoms with Crippen LogP contribution in [0.5, 0.6) is 5.75 Å². The van der Waals surface area contributed by atoms with E-state index in [2.05, 4.69) is 60.5 Å². The minimum atomic E-state index is 0.257. The van der Waals surface area contributed by atoms with E-state index >= 15 is 0 Å². The summed E-state index contributed by atoms with van der Waals surface area (Å²) in [6.07, 6.45) is 5.37. The van der Waals surface area contributed by atoms with Gasteiger partial charge >= 0.3 is 0 Å². The van der Waals surface area contributed by atoms with Crippen molar-refractivity contribution in [1.82, 2.24) is 25.1 Å². The number of nitrogens with zero attached hydrogens (tertiary/aromatic N) is 5. The Morgan fingerprint density at radius 1 is 1.24 bits per heavy atom. The average Bonchev–Trinajstić information content (AvgIpc) is 3.22. The SMILES string of the molecule is [C-]#[N+]c1cnc(Nc2cc(-c3ccc(C4CCCN(C)C4)cc3OC)[nH]n2)cn1. The molecule has 1 atom stereocenters. The summed E-state index contributed by atoms with van der Waals surface area (Å²) in [5.74, 6) is 2.76. The van der Waals surface area contributed by atoms with Crippen LogP contribution in [0.25, 0.3) is 16.1 Å². The second kappa shape index (κ2) is 8.29. The maximum Gasteiger partial charge on any atom is 0.288 e. The third-order valence-corrected chi connectivity index (χ3v) is 5.20. The number of hydrogen-bond acceptors (Lipinski definition) is 6. The summed E-state index contributed by atoms with van der Waals surface area (Å²) in [6, 6.07) is 8.31. The summed E-state index contributed by atoms with van der Waals surface area (Å²) in [6.45, 7) is 9.18. The van der Waals surface area contributed by atoms with Crippen LogP contribution in [0, 0.1) is 6.57 Å². The van der Waals surface area contributed by atoms with Crippen LogP contribution in [0.4, 0.5) is 17.5 Å². The van der Waals surface area contributed by atoms with Crippen LogP contribution in [-0.2, 0) is 0 Å². The Hall–Kier alpha value is -3.44. The molecule has 3 heterocycles. The van der Waals surface area contributed by atoms with Crippen molar-refractivity contribution in [3.05, 3.63) is 53.6 Å². The van der Waals surface area contributed by atoms with Crippen LogP contribution in [-0.4, -0.2) is 52.3 Å². The molecule has 8 heteroatoms. The summed E-state index contributed by atoms with van der Waals surface area (Å²) in [4.78, 5) is 13.8. The molecule has 1 fully saturated rings. The number of H-pyrrole nitrogens is 1. The number of likely N-dealkylation sites (tertiary alicyclic amines) is 1. The van der Waals surface area contributed by atoms with E-state index in [1.807, 2.05) is 6.07 Å². The first-order valence-electron chi connectivity index (χ1n) is 9.55. The van der Waals surface area contributed by atoms with Gasteiger partial charge in [0, 0.05) is 18.2 Å². The maximum absolute atomic E-state index is 6.93. The van der Waals surface area contributed by atoms with Crippen molar-refractivity contribution in [3.8, 4) is 17.0 Å². The summed E-state index contributed by atoms with van der Waals surface area (Å²) in [5.41, 5.74) is 3.11. The second-order valence-electron chi connectivity index (χ2n) is 7.22. The van der Waals surface area contributed by atoms with Crippen molar-refractivity contribution < 1.29 is 4.74 Å². The van der Waals surface area contributed by atoms with Gasteiger partial charge in [0.25, 0.3) is 5.82 Å². The van der Waals surface area contributed by atoms with Gasteiger partial charge in [0.15, 0.2) is 17.8 Å². The molecule has 2 aromatic heterocycles. The molecule has 1 unspecified atom stereocenters. The van der Waals surface area contributed by atoms with Gasteiger partial charge in [-0.3, -0.25) is 5.10 Å². The van der Waals surface area contributed by atoms with Crippen molar-refractivity contribution in [3.63, 3.8) is 0 Å². The molecule has 3 aromatic rings. The second-order valence-corrected chi connectivity index (χ2v) is 7.22. The summed E-state index contributed by atoms with van der Waals surface area (Å²) >= 11 is 0. The third kappa shape index (κ3) is 4.20. The van der Waals surface area contributed by atoms with Gasteiger partial charge in [-0.15, -0.1) is 4.98 Å². The molecule has 0 bridgehead atoms. The first-order chi connectivity index (χ1) is 14.2. The van der Waals surface area contributed by atoms with Crippen molar-refractivity contribution in [2.24, 2.45) is 0 Å². The highest BCUT2D eigenvalue weighted by molar-refractivity contribution is 5.71. The van der Waals surface area contributed by atoms with E-state index in [0.29, 0.717) is 17.6 Å². The number of nitrogens with one attached hydrogen (secondary N) is 2. The first kappa shape index (κ1) is 18.9. The highest BCUT2D eigenvalue weighted by Crippen LogP contribution is 2.35. The zero-order valence-electron chi connectivity index (χ0n) is 16.5. The number of methoxy groups -OCH3 is 1. The molecule has 1 aliphatic rings. The molecule has 0 saturated carbocycles. The maximum atomic E-state index is 6.93. The average molecular weight is 389 g/mol. The normalized spacial score (nSPS) is 16.9. The third-order valence-electron chi connectivity index (χ3n) is 5.20. The standard InChI is InChI=1S/C21H23N7O/c1-22-20-11-24-21(12-23-20)25-19-10-17(26-27-19)16-7-6-14(9-18(16)29-3)15-5-4-8-28(2)13-15/h6-7,9-12,15H,4-5,8,13H2,2-3H3,(H2,24,25,26,27). The van der Waals surface area contributed by atoms with Gasteiger partial charge in [-0.1, -0.05) is 12.6 Å². The van der Waals surface area contributed by atoms with Gasteiger partial charge in [0.05, 0.1) is 19.0 Å². The number of likely N-dealkylation sites (N-methyl/N-ethyl adjacent to an activating group) is 1. The fraction of sp³-hybridized carbons (Fsp3) is 0.333. The fourth-order valence-electron chi connectivity index (χ4n) is 3.72. The first-order valence-corrected chi connectivity index (χ1v) is 9.55. The van der Waals surface area contributed by atoms with E-state index in [-0.39, 0.29) is 5.82 Å². The summed E-state index contributed by atoms with van der Waals surface area (Å²) < 4.78 is 5.68. The van der Waals surface area contributed by atoms with Gasteiger partial charge in [0.2, 0.25) is 0 Å². The molecule has 8 nitrogen and oxygen atoms in total. The van der Waals surface area contributed by atoms with Crippen LogP contribution < -0.4 is 10.1 Å². The van der Waals surface area contributed by atoms with Crippen LogP contribution in [0.15, 0.2) is 36.7 Å². The number of benzene rings is 1. The Labute approximate surface area is 169 Å². The molecule has 29 heavy (non-hydrogen) atoms. The molecule has 148 valence electrons. The lowest BCUT2D eigenvalue weighted by atomic mass is 9.90. The summed E-state index contributed by atoms with van der Waals surface area (Å²) in [7, 11) is 3.87. The van der Waals surface area contributed by atoms with Crippen LogP contribution in [0.3, 0.4) is 0 Å². The molecule has 0 aliphatic carbocycles. The van der Waals surface area contributed by atoms with Crippen molar-refractivity contribution in [2.75, 3.05) is 32.6 Å². The number of rotatable bonds is 5. The Morgan fingerprint density at radius 3 is 2.86 bits per heavy atom. The van der Waals surface area contributed by atoms with Crippen molar-refractivity contribution >= 4 is 17.5 Å². The largest absolute Gasteiger partial charge is 0.496 e. The molecule has 2 N–H and O–H groups in total. The molecule has 0 radical (unpaired) electrons.